The van der Waals surface area contributed by atoms with Gasteiger partial charge in [0.1, 0.15) is 0 Å². The van der Waals surface area contributed by atoms with Gasteiger partial charge in [0.2, 0.25) is 0 Å². The number of rotatable bonds is 9. The van der Waals surface area contributed by atoms with Gasteiger partial charge < -0.3 is 15.2 Å². The molecule has 1 N–H and O–H groups in total. The van der Waals surface area contributed by atoms with Crippen LogP contribution in [0.3, 0.4) is 0 Å². The van der Waals surface area contributed by atoms with E-state index in [0.29, 0.717) is 17.7 Å². The Hall–Kier alpha value is -3.23. The minimum atomic E-state index is -1.27. The second-order valence-corrected chi connectivity index (χ2v) is 9.63. The standard InChI is InChI=1S/C31H29NO3S.Li/c1-21-8-6-7-11-26(21)28-20-25(24-14-12-23(13-15-24)22-9-4-3-5-10-22)16-17-27(28)30(33)32-29(31(34)35)18-19-36-2;/h3-17,20,29H,18-19H2,1-2H3,(H,32,33)(H,34,35);/q;+1/p-1. The fourth-order valence-electron chi connectivity index (χ4n) is 4.23. The summed E-state index contributed by atoms with van der Waals surface area (Å²) in [6.07, 6.45) is 2.20. The molecule has 37 heavy (non-hydrogen) atoms. The van der Waals surface area contributed by atoms with Gasteiger partial charge in [-0.05, 0) is 76.4 Å². The molecule has 4 aromatic rings. The topological polar surface area (TPSA) is 69.2 Å². The molecule has 0 saturated carbocycles. The van der Waals surface area contributed by atoms with Gasteiger partial charge in [-0.3, -0.25) is 4.79 Å². The summed E-state index contributed by atoms with van der Waals surface area (Å²) in [4.78, 5) is 24.9. The first-order valence-corrected chi connectivity index (χ1v) is 13.2. The van der Waals surface area contributed by atoms with E-state index in [1.54, 1.807) is 6.07 Å². The molecule has 0 aromatic heterocycles. The molecule has 1 amide bonds. The Morgan fingerprint density at radius 1 is 0.784 bits per heavy atom. The van der Waals surface area contributed by atoms with E-state index in [1.807, 2.05) is 67.8 Å². The molecular weight excluding hydrogens is 473 g/mol. The summed E-state index contributed by atoms with van der Waals surface area (Å²) in [5.74, 6) is -1.08. The summed E-state index contributed by atoms with van der Waals surface area (Å²) in [5, 5.41) is 14.3. The average Bonchev–Trinajstić information content (AvgIpc) is 2.91. The number of hydrogen-bond donors (Lipinski definition) is 1. The van der Waals surface area contributed by atoms with Crippen LogP contribution >= 0.6 is 11.8 Å². The van der Waals surface area contributed by atoms with Crippen molar-refractivity contribution in [1.29, 1.82) is 0 Å². The van der Waals surface area contributed by atoms with Crippen LogP contribution in [0.4, 0.5) is 0 Å². The normalized spacial score (nSPS) is 11.3. The number of carbonyl (C=O) groups excluding carboxylic acids is 2. The summed E-state index contributed by atoms with van der Waals surface area (Å²) in [5.41, 5.74) is 7.45. The third-order valence-electron chi connectivity index (χ3n) is 6.23. The van der Waals surface area contributed by atoms with Crippen LogP contribution in [0.25, 0.3) is 33.4 Å². The van der Waals surface area contributed by atoms with Crippen molar-refractivity contribution < 1.29 is 33.6 Å². The Balaban J connectivity index is 0.00000380. The van der Waals surface area contributed by atoms with Crippen LogP contribution in [-0.4, -0.2) is 29.9 Å². The Morgan fingerprint density at radius 3 is 1.97 bits per heavy atom. The van der Waals surface area contributed by atoms with Gasteiger partial charge in [-0.25, -0.2) is 0 Å². The summed E-state index contributed by atoms with van der Waals surface area (Å²) in [6, 6.07) is 31.1. The molecule has 1 atom stereocenters. The van der Waals surface area contributed by atoms with E-state index in [2.05, 4.69) is 41.7 Å². The number of carboxylic acid groups (broad SMARTS) is 1. The van der Waals surface area contributed by atoms with Gasteiger partial charge in [0.15, 0.2) is 0 Å². The molecule has 0 bridgehead atoms. The van der Waals surface area contributed by atoms with Crippen molar-refractivity contribution in [3.05, 3.63) is 108 Å². The number of benzene rings is 4. The monoisotopic (exact) mass is 501 g/mol. The number of aliphatic carboxylic acids is 1. The van der Waals surface area contributed by atoms with E-state index in [9.17, 15) is 14.7 Å². The first-order chi connectivity index (χ1) is 17.5. The summed E-state index contributed by atoms with van der Waals surface area (Å²) < 4.78 is 0. The molecule has 182 valence electrons. The fourth-order valence-corrected chi connectivity index (χ4v) is 4.70. The molecule has 0 spiro atoms. The van der Waals surface area contributed by atoms with E-state index in [0.717, 1.165) is 38.9 Å². The smallest absolute Gasteiger partial charge is 0.548 e. The van der Waals surface area contributed by atoms with Gasteiger partial charge in [-0.2, -0.15) is 11.8 Å². The molecule has 6 heteroatoms. The fraction of sp³-hybridized carbons (Fsp3) is 0.161. The quantitative estimate of drug-likeness (QED) is 0.358. The van der Waals surface area contributed by atoms with Gasteiger partial charge in [0.05, 0.1) is 12.0 Å². The number of carboxylic acids is 1. The molecule has 4 nitrogen and oxygen atoms in total. The summed E-state index contributed by atoms with van der Waals surface area (Å²) in [6.45, 7) is 2.00. The summed E-state index contributed by atoms with van der Waals surface area (Å²) >= 11 is 1.53. The van der Waals surface area contributed by atoms with Gasteiger partial charge >= 0.3 is 18.9 Å². The SMILES string of the molecule is CSCCC(NC(=O)c1ccc(-c2ccc(-c3ccccc3)cc2)cc1-c1ccccc1C)C(=O)[O-].[Li+]. The van der Waals surface area contributed by atoms with E-state index < -0.39 is 17.9 Å². The number of carbonyl (C=O) groups is 2. The third kappa shape index (κ3) is 6.96. The predicted molar refractivity (Wildman–Crippen MR) is 147 cm³/mol. The van der Waals surface area contributed by atoms with Crippen LogP contribution in [0.15, 0.2) is 97.1 Å². The molecule has 0 aliphatic heterocycles. The van der Waals surface area contributed by atoms with E-state index in [4.69, 9.17) is 0 Å². The van der Waals surface area contributed by atoms with Crippen molar-refractivity contribution in [3.8, 4) is 33.4 Å². The second-order valence-electron chi connectivity index (χ2n) is 8.65. The number of hydrogen-bond acceptors (Lipinski definition) is 4. The van der Waals surface area contributed by atoms with Gasteiger partial charge in [0.25, 0.3) is 5.91 Å². The van der Waals surface area contributed by atoms with Crippen LogP contribution in [0, 0.1) is 6.92 Å². The molecule has 0 aliphatic carbocycles. The Labute approximate surface area is 234 Å². The average molecular weight is 502 g/mol. The molecule has 1 unspecified atom stereocenters. The zero-order valence-corrected chi connectivity index (χ0v) is 22.2. The van der Waals surface area contributed by atoms with Crippen LogP contribution in [0.1, 0.15) is 22.3 Å². The van der Waals surface area contributed by atoms with E-state index >= 15 is 0 Å². The molecule has 0 aliphatic rings. The van der Waals surface area contributed by atoms with Crippen LogP contribution in [0.5, 0.6) is 0 Å². The minimum Gasteiger partial charge on any atom is -0.548 e. The largest absolute Gasteiger partial charge is 1.00 e. The zero-order chi connectivity index (χ0) is 25.5. The van der Waals surface area contributed by atoms with E-state index in [-0.39, 0.29) is 18.9 Å². The Kier molecular flexibility index (Phi) is 10.2. The Morgan fingerprint density at radius 2 is 1.35 bits per heavy atom. The third-order valence-corrected chi connectivity index (χ3v) is 6.87. The number of thioether (sulfide) groups is 1. The minimum absolute atomic E-state index is 0. The van der Waals surface area contributed by atoms with Crippen molar-refractivity contribution >= 4 is 23.6 Å². The summed E-state index contributed by atoms with van der Waals surface area (Å²) in [7, 11) is 0. The molecule has 0 heterocycles. The molecular formula is C31H28LiNO3S. The van der Waals surface area contributed by atoms with Crippen LogP contribution in [-0.2, 0) is 4.79 Å². The molecule has 0 radical (unpaired) electrons. The maximum Gasteiger partial charge on any atom is 1.00 e. The van der Waals surface area contributed by atoms with E-state index in [1.165, 1.54) is 11.8 Å². The van der Waals surface area contributed by atoms with Crippen LogP contribution < -0.4 is 29.3 Å². The van der Waals surface area contributed by atoms with Crippen molar-refractivity contribution in [2.24, 2.45) is 0 Å². The maximum atomic E-state index is 13.3. The molecule has 4 rings (SSSR count). The second kappa shape index (κ2) is 13.4. The zero-order valence-electron chi connectivity index (χ0n) is 21.4. The van der Waals surface area contributed by atoms with Crippen molar-refractivity contribution in [1.82, 2.24) is 5.32 Å². The Bertz CT molecular complexity index is 1360. The van der Waals surface area contributed by atoms with Crippen molar-refractivity contribution in [2.45, 2.75) is 19.4 Å². The first kappa shape index (κ1) is 28.3. The predicted octanol–water partition coefficient (Wildman–Crippen LogP) is 2.60. The molecule has 4 aromatic carbocycles. The number of nitrogens with one attached hydrogen (secondary N) is 1. The number of amides is 1. The van der Waals surface area contributed by atoms with Gasteiger partial charge in [0, 0.05) is 5.56 Å². The van der Waals surface area contributed by atoms with Crippen LogP contribution in [0.2, 0.25) is 0 Å². The first-order valence-electron chi connectivity index (χ1n) is 11.8. The van der Waals surface area contributed by atoms with Crippen molar-refractivity contribution in [2.75, 3.05) is 12.0 Å². The van der Waals surface area contributed by atoms with Crippen molar-refractivity contribution in [3.63, 3.8) is 0 Å². The van der Waals surface area contributed by atoms with Gasteiger partial charge in [-0.15, -0.1) is 0 Å². The molecule has 0 saturated heterocycles. The van der Waals surface area contributed by atoms with Gasteiger partial charge in [-0.1, -0.05) is 84.9 Å². The number of aryl methyl sites for hydroxylation is 1. The molecule has 0 fully saturated rings. The maximum absolute atomic E-state index is 13.3.